The van der Waals surface area contributed by atoms with E-state index in [0.717, 1.165) is 18.7 Å². The third kappa shape index (κ3) is 3.08. The van der Waals surface area contributed by atoms with E-state index >= 15 is 0 Å². The number of nitrogens with zero attached hydrogens (tertiary/aromatic N) is 1. The van der Waals surface area contributed by atoms with E-state index in [1.165, 1.54) is 0 Å². The number of likely N-dealkylation sites (tertiary alicyclic amines) is 1. The van der Waals surface area contributed by atoms with E-state index in [1.807, 2.05) is 6.07 Å². The number of hydrogen-bond acceptors (Lipinski definition) is 4. The molecule has 2 unspecified atom stereocenters. The Morgan fingerprint density at radius 1 is 1.42 bits per heavy atom. The Morgan fingerprint density at radius 3 is 2.63 bits per heavy atom. The lowest BCUT2D eigenvalue weighted by Gasteiger charge is -2.17. The lowest BCUT2D eigenvalue weighted by molar-refractivity contribution is 0.330. The number of likely N-dealkylation sites (N-methyl/N-ethyl adjacent to an activating group) is 1. The molecule has 1 saturated heterocycles. The van der Waals surface area contributed by atoms with E-state index in [-0.39, 0.29) is 4.90 Å². The van der Waals surface area contributed by atoms with Gasteiger partial charge in [-0.25, -0.2) is 13.6 Å². The average molecular weight is 283 g/mol. The molecule has 19 heavy (non-hydrogen) atoms. The molecule has 106 valence electrons. The number of rotatable bonds is 3. The van der Waals surface area contributed by atoms with Gasteiger partial charge in [0.05, 0.1) is 4.90 Å². The highest BCUT2D eigenvalue weighted by atomic mass is 32.2. The third-order valence-electron chi connectivity index (χ3n) is 3.84. The number of primary sulfonamides is 1. The summed E-state index contributed by atoms with van der Waals surface area (Å²) in [5.41, 5.74) is 1.53. The Bertz CT molecular complexity index is 561. The Morgan fingerprint density at radius 2 is 2.11 bits per heavy atom. The van der Waals surface area contributed by atoms with Crippen LogP contribution in [-0.2, 0) is 10.0 Å². The smallest absolute Gasteiger partial charge is 0.238 e. The molecular formula is C13H21N3O2S. The molecule has 5 nitrogen and oxygen atoms in total. The summed E-state index contributed by atoms with van der Waals surface area (Å²) in [4.78, 5) is 2.48. The van der Waals surface area contributed by atoms with Crippen molar-refractivity contribution in [3.63, 3.8) is 0 Å². The molecule has 2 atom stereocenters. The predicted octanol–water partition coefficient (Wildman–Crippen LogP) is 1.15. The molecule has 0 saturated carbocycles. The van der Waals surface area contributed by atoms with E-state index in [2.05, 4.69) is 24.2 Å². The van der Waals surface area contributed by atoms with E-state index in [9.17, 15) is 8.42 Å². The van der Waals surface area contributed by atoms with Gasteiger partial charge in [-0.05, 0) is 45.0 Å². The fourth-order valence-corrected chi connectivity index (χ4v) is 3.40. The molecule has 0 bridgehead atoms. The van der Waals surface area contributed by atoms with Gasteiger partial charge < -0.3 is 10.2 Å². The molecule has 1 heterocycles. The maximum Gasteiger partial charge on any atom is 0.238 e. The minimum absolute atomic E-state index is 0.192. The molecule has 0 amide bonds. The van der Waals surface area contributed by atoms with Gasteiger partial charge in [-0.1, -0.05) is 6.07 Å². The molecular weight excluding hydrogens is 262 g/mol. The van der Waals surface area contributed by atoms with E-state index in [4.69, 9.17) is 5.14 Å². The number of nitrogens with two attached hydrogens (primary N) is 1. The quantitative estimate of drug-likeness (QED) is 0.872. The van der Waals surface area contributed by atoms with Gasteiger partial charge in [0.25, 0.3) is 0 Å². The summed E-state index contributed by atoms with van der Waals surface area (Å²) in [7, 11) is -1.56. The van der Waals surface area contributed by atoms with Crippen LogP contribution in [0.25, 0.3) is 0 Å². The summed E-state index contributed by atoms with van der Waals surface area (Å²) >= 11 is 0. The number of nitrogens with one attached hydrogen (secondary N) is 1. The van der Waals surface area contributed by atoms with Gasteiger partial charge in [-0.2, -0.15) is 0 Å². The molecule has 1 aliphatic rings. The summed E-state index contributed by atoms with van der Waals surface area (Å²) in [6, 6.07) is 6.04. The molecule has 3 N–H and O–H groups in total. The molecule has 1 aromatic carbocycles. The fraction of sp³-hybridized carbons (Fsp3) is 0.538. The van der Waals surface area contributed by atoms with Gasteiger partial charge >= 0.3 is 0 Å². The van der Waals surface area contributed by atoms with Crippen molar-refractivity contribution in [2.75, 3.05) is 18.9 Å². The van der Waals surface area contributed by atoms with Crippen molar-refractivity contribution >= 4 is 15.7 Å². The molecule has 0 spiro atoms. The van der Waals surface area contributed by atoms with Gasteiger partial charge in [-0.3, -0.25) is 0 Å². The van der Waals surface area contributed by atoms with Crippen LogP contribution in [0.4, 0.5) is 5.69 Å². The maximum atomic E-state index is 11.5. The molecule has 0 aromatic heterocycles. The number of anilines is 1. The SMILES string of the molecule is Cc1c(NC2CC(C)N(C)C2)cccc1S(N)(=O)=O. The molecule has 6 heteroatoms. The van der Waals surface area contributed by atoms with E-state index in [0.29, 0.717) is 17.6 Å². The summed E-state index contributed by atoms with van der Waals surface area (Å²) in [6.45, 7) is 4.93. The summed E-state index contributed by atoms with van der Waals surface area (Å²) in [6.07, 6.45) is 1.05. The van der Waals surface area contributed by atoms with Gasteiger partial charge in [-0.15, -0.1) is 0 Å². The Hall–Kier alpha value is -1.11. The van der Waals surface area contributed by atoms with Crippen LogP contribution in [0.15, 0.2) is 23.1 Å². The standard InChI is InChI=1S/C13H21N3O2S/c1-9-7-11(8-16(9)3)15-12-5-4-6-13(10(12)2)19(14,17)18/h4-6,9,11,15H,7-8H2,1-3H3,(H2,14,17,18). The molecule has 2 rings (SSSR count). The first-order valence-electron chi connectivity index (χ1n) is 6.38. The van der Waals surface area contributed by atoms with Gasteiger partial charge in [0.1, 0.15) is 0 Å². The molecule has 1 aromatic rings. The lowest BCUT2D eigenvalue weighted by atomic mass is 10.1. The van der Waals surface area contributed by atoms with Gasteiger partial charge in [0.15, 0.2) is 0 Å². The largest absolute Gasteiger partial charge is 0.381 e. The topological polar surface area (TPSA) is 75.4 Å². The molecule has 1 fully saturated rings. The normalized spacial score (nSPS) is 24.6. The van der Waals surface area contributed by atoms with Crippen LogP contribution in [0.1, 0.15) is 18.9 Å². The van der Waals surface area contributed by atoms with Crippen molar-refractivity contribution in [2.45, 2.75) is 37.2 Å². The van der Waals surface area contributed by atoms with Crippen LogP contribution < -0.4 is 10.5 Å². The van der Waals surface area contributed by atoms with Gasteiger partial charge in [0, 0.05) is 24.3 Å². The van der Waals surface area contributed by atoms with Crippen molar-refractivity contribution in [2.24, 2.45) is 5.14 Å². The van der Waals surface area contributed by atoms with Crippen LogP contribution in [0, 0.1) is 6.92 Å². The second kappa shape index (κ2) is 5.11. The van der Waals surface area contributed by atoms with Crippen LogP contribution in [-0.4, -0.2) is 39.0 Å². The maximum absolute atomic E-state index is 11.5. The Labute approximate surface area is 114 Å². The highest BCUT2D eigenvalue weighted by Gasteiger charge is 2.26. The monoisotopic (exact) mass is 283 g/mol. The third-order valence-corrected chi connectivity index (χ3v) is 4.89. The van der Waals surface area contributed by atoms with Crippen LogP contribution in [0.2, 0.25) is 0 Å². The zero-order valence-electron chi connectivity index (χ0n) is 11.6. The van der Waals surface area contributed by atoms with E-state index in [1.54, 1.807) is 19.1 Å². The average Bonchev–Trinajstić information content (AvgIpc) is 2.59. The van der Waals surface area contributed by atoms with Crippen LogP contribution in [0.3, 0.4) is 0 Å². The first-order valence-corrected chi connectivity index (χ1v) is 7.93. The second-order valence-corrected chi connectivity index (χ2v) is 6.87. The van der Waals surface area contributed by atoms with Crippen molar-refractivity contribution < 1.29 is 8.42 Å². The van der Waals surface area contributed by atoms with Crippen molar-refractivity contribution in [3.05, 3.63) is 23.8 Å². The molecule has 0 radical (unpaired) electrons. The fourth-order valence-electron chi connectivity index (χ4n) is 2.60. The molecule has 0 aliphatic carbocycles. The minimum atomic E-state index is -3.66. The zero-order chi connectivity index (χ0) is 14.2. The number of sulfonamides is 1. The second-order valence-electron chi connectivity index (χ2n) is 5.34. The predicted molar refractivity (Wildman–Crippen MR) is 76.7 cm³/mol. The van der Waals surface area contributed by atoms with Gasteiger partial charge in [0.2, 0.25) is 10.0 Å². The van der Waals surface area contributed by atoms with E-state index < -0.39 is 10.0 Å². The lowest BCUT2D eigenvalue weighted by Crippen LogP contribution is -2.25. The Balaban J connectivity index is 2.23. The van der Waals surface area contributed by atoms with Crippen LogP contribution in [0.5, 0.6) is 0 Å². The van der Waals surface area contributed by atoms with Crippen molar-refractivity contribution in [1.29, 1.82) is 0 Å². The minimum Gasteiger partial charge on any atom is -0.381 e. The first-order chi connectivity index (χ1) is 8.79. The summed E-state index contributed by atoms with van der Waals surface area (Å²) in [5.74, 6) is 0. The number of benzene rings is 1. The summed E-state index contributed by atoms with van der Waals surface area (Å²) in [5, 5.41) is 8.64. The highest BCUT2D eigenvalue weighted by molar-refractivity contribution is 7.89. The highest BCUT2D eigenvalue weighted by Crippen LogP contribution is 2.25. The summed E-state index contributed by atoms with van der Waals surface area (Å²) < 4.78 is 23.0. The Kier molecular flexibility index (Phi) is 3.85. The van der Waals surface area contributed by atoms with Crippen LogP contribution >= 0.6 is 0 Å². The molecule has 1 aliphatic heterocycles. The van der Waals surface area contributed by atoms with Crippen molar-refractivity contribution in [3.8, 4) is 0 Å². The van der Waals surface area contributed by atoms with Crippen molar-refractivity contribution in [1.82, 2.24) is 4.90 Å². The number of hydrogen-bond donors (Lipinski definition) is 2. The zero-order valence-corrected chi connectivity index (χ0v) is 12.4. The first kappa shape index (κ1) is 14.3.